The Morgan fingerprint density at radius 3 is 2.67 bits per heavy atom. The molecule has 0 aromatic carbocycles. The molecule has 0 aliphatic carbocycles. The van der Waals surface area contributed by atoms with Crippen LogP contribution in [0, 0.1) is 0 Å². The van der Waals surface area contributed by atoms with Crippen molar-refractivity contribution in [3.8, 4) is 0 Å². The minimum absolute atomic E-state index is 0.256. The summed E-state index contributed by atoms with van der Waals surface area (Å²) in [5, 5.41) is 0. The van der Waals surface area contributed by atoms with Crippen molar-refractivity contribution in [3.05, 3.63) is 18.1 Å². The van der Waals surface area contributed by atoms with Gasteiger partial charge in [0.1, 0.15) is 12.1 Å². The van der Waals surface area contributed by atoms with E-state index in [1.807, 2.05) is 14.1 Å². The molecule has 1 atom stereocenters. The van der Waals surface area contributed by atoms with Crippen molar-refractivity contribution in [2.45, 2.75) is 13.0 Å². The highest BCUT2D eigenvalue weighted by molar-refractivity contribution is 5.38. The van der Waals surface area contributed by atoms with E-state index in [-0.39, 0.29) is 6.04 Å². The second-order valence-electron chi connectivity index (χ2n) is 3.00. The summed E-state index contributed by atoms with van der Waals surface area (Å²) in [7, 11) is 3.99. The second-order valence-corrected chi connectivity index (χ2v) is 3.00. The van der Waals surface area contributed by atoms with Crippen LogP contribution in [-0.2, 0) is 0 Å². The summed E-state index contributed by atoms with van der Waals surface area (Å²) in [6, 6.07) is 0.256. The third-order valence-electron chi connectivity index (χ3n) is 2.00. The lowest BCUT2D eigenvalue weighted by Crippen LogP contribution is -2.18. The van der Waals surface area contributed by atoms with Gasteiger partial charge in [-0.15, -0.1) is 0 Å². The number of nitrogen functional groups attached to an aromatic ring is 1. The molecule has 0 bridgehead atoms. The second kappa shape index (κ2) is 3.49. The molecule has 0 spiro atoms. The summed E-state index contributed by atoms with van der Waals surface area (Å²) in [6.07, 6.45) is 3.22. The van der Waals surface area contributed by atoms with Crippen molar-refractivity contribution in [1.82, 2.24) is 14.9 Å². The zero-order valence-corrected chi connectivity index (χ0v) is 7.65. The molecule has 0 aliphatic rings. The number of nitrogens with zero attached hydrogens (tertiary/aromatic N) is 3. The summed E-state index contributed by atoms with van der Waals surface area (Å²) in [5.74, 6) is 0.561. The van der Waals surface area contributed by atoms with Crippen molar-refractivity contribution in [2.75, 3.05) is 19.8 Å². The van der Waals surface area contributed by atoms with Gasteiger partial charge in [-0.25, -0.2) is 9.97 Å². The smallest absolute Gasteiger partial charge is 0.131 e. The van der Waals surface area contributed by atoms with Crippen molar-refractivity contribution >= 4 is 5.82 Å². The maximum Gasteiger partial charge on any atom is 0.131 e. The third-order valence-corrected chi connectivity index (χ3v) is 2.00. The van der Waals surface area contributed by atoms with Gasteiger partial charge < -0.3 is 10.6 Å². The molecule has 0 radical (unpaired) electrons. The zero-order valence-electron chi connectivity index (χ0n) is 7.65. The number of rotatable bonds is 2. The molecule has 12 heavy (non-hydrogen) atoms. The van der Waals surface area contributed by atoms with E-state index < -0.39 is 0 Å². The van der Waals surface area contributed by atoms with Gasteiger partial charge in [0, 0.05) is 17.8 Å². The normalized spacial score (nSPS) is 13.3. The van der Waals surface area contributed by atoms with E-state index >= 15 is 0 Å². The van der Waals surface area contributed by atoms with Crippen LogP contribution in [0.15, 0.2) is 12.5 Å². The van der Waals surface area contributed by atoms with Crippen LogP contribution < -0.4 is 5.73 Å². The summed E-state index contributed by atoms with van der Waals surface area (Å²) in [4.78, 5) is 9.92. The first-order chi connectivity index (χ1) is 5.63. The fraction of sp³-hybridized carbons (Fsp3) is 0.500. The van der Waals surface area contributed by atoms with E-state index in [9.17, 15) is 0 Å². The van der Waals surface area contributed by atoms with Gasteiger partial charge >= 0.3 is 0 Å². The van der Waals surface area contributed by atoms with Gasteiger partial charge in [0.25, 0.3) is 0 Å². The molecule has 1 rings (SSSR count). The van der Waals surface area contributed by atoms with E-state index in [0.717, 1.165) is 5.56 Å². The van der Waals surface area contributed by atoms with E-state index in [1.165, 1.54) is 6.33 Å². The van der Waals surface area contributed by atoms with Crippen molar-refractivity contribution < 1.29 is 0 Å². The van der Waals surface area contributed by atoms with Crippen LogP contribution >= 0.6 is 0 Å². The molecule has 0 saturated carbocycles. The van der Waals surface area contributed by atoms with Gasteiger partial charge in [0.05, 0.1) is 0 Å². The highest BCUT2D eigenvalue weighted by Gasteiger charge is 2.11. The molecule has 1 aromatic rings. The van der Waals surface area contributed by atoms with Crippen LogP contribution in [0.2, 0.25) is 0 Å². The molecule has 1 aromatic heterocycles. The molecule has 0 amide bonds. The Balaban J connectivity index is 2.94. The number of hydrogen-bond acceptors (Lipinski definition) is 4. The Bertz CT molecular complexity index is 259. The standard InChI is InChI=1S/C8H14N4/c1-6(12(2)3)7-4-10-5-11-8(7)9/h4-6H,1-3H3,(H2,9,10,11). The van der Waals surface area contributed by atoms with Gasteiger partial charge in [-0.1, -0.05) is 0 Å². The van der Waals surface area contributed by atoms with E-state index in [2.05, 4.69) is 21.8 Å². The number of anilines is 1. The van der Waals surface area contributed by atoms with E-state index in [0.29, 0.717) is 5.82 Å². The minimum Gasteiger partial charge on any atom is -0.383 e. The predicted molar refractivity (Wildman–Crippen MR) is 48.5 cm³/mol. The number of hydrogen-bond donors (Lipinski definition) is 1. The molecular weight excluding hydrogens is 152 g/mol. The quantitative estimate of drug-likeness (QED) is 0.702. The van der Waals surface area contributed by atoms with Gasteiger partial charge in [-0.3, -0.25) is 0 Å². The fourth-order valence-electron chi connectivity index (χ4n) is 0.950. The average Bonchev–Trinajstić information content (AvgIpc) is 2.04. The molecule has 1 unspecified atom stereocenters. The van der Waals surface area contributed by atoms with Crippen LogP contribution in [0.4, 0.5) is 5.82 Å². The van der Waals surface area contributed by atoms with Crippen LogP contribution in [0.1, 0.15) is 18.5 Å². The van der Waals surface area contributed by atoms with Crippen molar-refractivity contribution in [2.24, 2.45) is 0 Å². The molecule has 1 heterocycles. The fourth-order valence-corrected chi connectivity index (χ4v) is 0.950. The van der Waals surface area contributed by atoms with Crippen LogP contribution in [-0.4, -0.2) is 29.0 Å². The monoisotopic (exact) mass is 166 g/mol. The molecule has 66 valence electrons. The Morgan fingerprint density at radius 1 is 1.50 bits per heavy atom. The Labute approximate surface area is 72.4 Å². The Morgan fingerprint density at radius 2 is 2.17 bits per heavy atom. The molecular formula is C8H14N4. The van der Waals surface area contributed by atoms with Crippen molar-refractivity contribution in [1.29, 1.82) is 0 Å². The van der Waals surface area contributed by atoms with Gasteiger partial charge in [0.2, 0.25) is 0 Å². The van der Waals surface area contributed by atoms with Gasteiger partial charge in [0.15, 0.2) is 0 Å². The highest BCUT2D eigenvalue weighted by atomic mass is 15.1. The number of nitrogens with two attached hydrogens (primary N) is 1. The predicted octanol–water partition coefficient (Wildman–Crippen LogP) is 0.681. The molecule has 2 N–H and O–H groups in total. The zero-order chi connectivity index (χ0) is 9.14. The Kier molecular flexibility index (Phi) is 2.60. The summed E-state index contributed by atoms with van der Waals surface area (Å²) in [6.45, 7) is 2.06. The molecule has 4 nitrogen and oxygen atoms in total. The topological polar surface area (TPSA) is 55.0 Å². The first-order valence-electron chi connectivity index (χ1n) is 3.84. The Hall–Kier alpha value is -1.16. The molecule has 0 fully saturated rings. The average molecular weight is 166 g/mol. The lowest BCUT2D eigenvalue weighted by atomic mass is 10.1. The maximum atomic E-state index is 5.68. The highest BCUT2D eigenvalue weighted by Crippen LogP contribution is 2.19. The van der Waals surface area contributed by atoms with Gasteiger partial charge in [-0.2, -0.15) is 0 Å². The summed E-state index contributed by atoms with van der Waals surface area (Å²) >= 11 is 0. The van der Waals surface area contributed by atoms with E-state index in [4.69, 9.17) is 5.73 Å². The summed E-state index contributed by atoms with van der Waals surface area (Å²) < 4.78 is 0. The molecule has 4 heteroatoms. The minimum atomic E-state index is 0.256. The third kappa shape index (κ3) is 1.71. The number of aromatic nitrogens is 2. The first-order valence-corrected chi connectivity index (χ1v) is 3.84. The van der Waals surface area contributed by atoms with Gasteiger partial charge in [-0.05, 0) is 21.0 Å². The first kappa shape index (κ1) is 8.93. The molecule has 0 aliphatic heterocycles. The van der Waals surface area contributed by atoms with Crippen molar-refractivity contribution in [3.63, 3.8) is 0 Å². The lowest BCUT2D eigenvalue weighted by Gasteiger charge is -2.20. The maximum absolute atomic E-state index is 5.68. The lowest BCUT2D eigenvalue weighted by molar-refractivity contribution is 0.321. The molecule has 0 saturated heterocycles. The largest absolute Gasteiger partial charge is 0.383 e. The van der Waals surface area contributed by atoms with Crippen LogP contribution in [0.25, 0.3) is 0 Å². The van der Waals surface area contributed by atoms with Crippen LogP contribution in [0.3, 0.4) is 0 Å². The van der Waals surface area contributed by atoms with Crippen LogP contribution in [0.5, 0.6) is 0 Å². The van der Waals surface area contributed by atoms with E-state index in [1.54, 1.807) is 6.20 Å². The summed E-state index contributed by atoms with van der Waals surface area (Å²) in [5.41, 5.74) is 6.66. The SMILES string of the molecule is CC(c1cncnc1N)N(C)C.